The van der Waals surface area contributed by atoms with Crippen LogP contribution >= 0.6 is 34.5 Å². The molecule has 216 valence electrons. The predicted molar refractivity (Wildman–Crippen MR) is 160 cm³/mol. The summed E-state index contributed by atoms with van der Waals surface area (Å²) in [5.74, 6) is 0.282. The molecule has 40 heavy (non-hydrogen) atoms. The number of carbonyl (C=O) groups is 1. The third kappa shape index (κ3) is 7.48. The molecule has 1 aliphatic heterocycles. The standard InChI is InChI=1S/C28H33Cl2N3O5S2/c1-18-14-33(19(2)17-34)27(35)13-21-12-22(31-40(36,37)28-5-4-10-39-28)7-9-25(21)38-26(18)16-32(3)15-20-6-8-23(29)24(30)11-20/h4-12,18-19,26,31,34H,13-17H2,1-3H3/t18-,19+,26-/m1/s1. The van der Waals surface area contributed by atoms with Gasteiger partial charge in [-0.15, -0.1) is 11.3 Å². The van der Waals surface area contributed by atoms with Gasteiger partial charge in [0, 0.05) is 36.8 Å². The number of fused-ring (bicyclic) bond motifs is 1. The number of thiophene rings is 1. The van der Waals surface area contributed by atoms with Gasteiger partial charge in [-0.05, 0) is 61.3 Å². The number of carbonyl (C=O) groups excluding carboxylic acids is 1. The zero-order valence-corrected chi connectivity index (χ0v) is 25.7. The first kappa shape index (κ1) is 30.6. The van der Waals surface area contributed by atoms with Gasteiger partial charge < -0.3 is 14.7 Å². The highest BCUT2D eigenvalue weighted by Gasteiger charge is 2.31. The number of benzene rings is 2. The van der Waals surface area contributed by atoms with Gasteiger partial charge >= 0.3 is 0 Å². The van der Waals surface area contributed by atoms with Crippen molar-refractivity contribution in [3.05, 3.63) is 75.1 Å². The number of halogens is 2. The highest BCUT2D eigenvalue weighted by Crippen LogP contribution is 2.31. The molecule has 0 spiro atoms. The fourth-order valence-corrected chi connectivity index (χ4v) is 7.02. The van der Waals surface area contributed by atoms with E-state index in [-0.39, 0.29) is 41.2 Å². The Morgan fingerprint density at radius 3 is 2.65 bits per heavy atom. The molecule has 1 aliphatic rings. The summed E-state index contributed by atoms with van der Waals surface area (Å²) in [6.45, 7) is 5.21. The molecule has 0 fully saturated rings. The van der Waals surface area contributed by atoms with Crippen LogP contribution in [0, 0.1) is 5.92 Å². The molecule has 2 N–H and O–H groups in total. The maximum Gasteiger partial charge on any atom is 0.271 e. The summed E-state index contributed by atoms with van der Waals surface area (Å²) in [7, 11) is -1.78. The van der Waals surface area contributed by atoms with Gasteiger partial charge in [-0.2, -0.15) is 0 Å². The number of hydrogen-bond acceptors (Lipinski definition) is 7. The second-order valence-electron chi connectivity index (χ2n) is 10.2. The Kier molecular flexibility index (Phi) is 10.0. The number of nitrogens with zero attached hydrogens (tertiary/aromatic N) is 2. The van der Waals surface area contributed by atoms with Crippen LogP contribution in [0.4, 0.5) is 5.69 Å². The zero-order chi connectivity index (χ0) is 29.0. The summed E-state index contributed by atoms with van der Waals surface area (Å²) in [4.78, 5) is 17.2. The van der Waals surface area contributed by atoms with E-state index >= 15 is 0 Å². The molecule has 12 heteroatoms. The highest BCUT2D eigenvalue weighted by molar-refractivity contribution is 7.94. The van der Waals surface area contributed by atoms with Gasteiger partial charge in [-0.3, -0.25) is 14.4 Å². The first-order chi connectivity index (χ1) is 19.0. The lowest BCUT2D eigenvalue weighted by Gasteiger charge is -2.34. The molecule has 0 unspecified atom stereocenters. The minimum atomic E-state index is -3.76. The summed E-state index contributed by atoms with van der Waals surface area (Å²) in [6.07, 6.45) is -0.299. The fraction of sp³-hybridized carbons (Fsp3) is 0.393. The van der Waals surface area contributed by atoms with Crippen LogP contribution in [0.5, 0.6) is 5.75 Å². The molecule has 8 nitrogen and oxygen atoms in total. The Balaban J connectivity index is 1.62. The average molecular weight is 627 g/mol. The zero-order valence-electron chi connectivity index (χ0n) is 22.5. The van der Waals surface area contributed by atoms with Crippen molar-refractivity contribution in [2.24, 2.45) is 5.92 Å². The van der Waals surface area contributed by atoms with Crippen molar-refractivity contribution < 1.29 is 23.1 Å². The van der Waals surface area contributed by atoms with Crippen LogP contribution in [-0.2, 0) is 27.8 Å². The normalized spacial score (nSPS) is 18.9. The van der Waals surface area contributed by atoms with Gasteiger partial charge in [0.2, 0.25) is 5.91 Å². The first-order valence-corrected chi connectivity index (χ1v) is 16.0. The van der Waals surface area contributed by atoms with Crippen molar-refractivity contribution in [1.82, 2.24) is 9.80 Å². The lowest BCUT2D eigenvalue weighted by atomic mass is 10.0. The van der Waals surface area contributed by atoms with E-state index in [9.17, 15) is 18.3 Å². The van der Waals surface area contributed by atoms with Crippen LogP contribution < -0.4 is 9.46 Å². The highest BCUT2D eigenvalue weighted by atomic mass is 35.5. The van der Waals surface area contributed by atoms with E-state index in [2.05, 4.69) is 9.62 Å². The number of nitrogens with one attached hydrogen (secondary N) is 1. The van der Waals surface area contributed by atoms with Crippen LogP contribution in [0.2, 0.25) is 10.0 Å². The third-order valence-corrected chi connectivity index (χ3v) is 10.4. The van der Waals surface area contributed by atoms with Crippen molar-refractivity contribution in [2.45, 2.75) is 43.2 Å². The number of aliphatic hydroxyl groups excluding tert-OH is 1. The number of ether oxygens (including phenoxy) is 1. The number of sulfonamides is 1. The van der Waals surface area contributed by atoms with Crippen LogP contribution in [-0.4, -0.2) is 68.1 Å². The van der Waals surface area contributed by atoms with Crippen molar-refractivity contribution in [3.8, 4) is 5.75 Å². The molecule has 0 saturated heterocycles. The molecule has 3 aromatic rings. The van der Waals surface area contributed by atoms with Gasteiger partial charge in [0.15, 0.2) is 0 Å². The van der Waals surface area contributed by atoms with E-state index in [0.717, 1.165) is 16.9 Å². The summed E-state index contributed by atoms with van der Waals surface area (Å²) in [5.41, 5.74) is 1.91. The number of aliphatic hydroxyl groups is 1. The maximum absolute atomic E-state index is 13.4. The Morgan fingerprint density at radius 2 is 1.98 bits per heavy atom. The largest absolute Gasteiger partial charge is 0.488 e. The van der Waals surface area contributed by atoms with E-state index in [0.29, 0.717) is 46.7 Å². The number of hydrogen-bond donors (Lipinski definition) is 2. The summed E-state index contributed by atoms with van der Waals surface area (Å²) < 4.78 is 35.0. The maximum atomic E-state index is 13.4. The molecular weight excluding hydrogens is 593 g/mol. The van der Waals surface area contributed by atoms with Crippen molar-refractivity contribution >= 4 is 56.2 Å². The quantitative estimate of drug-likeness (QED) is 0.342. The molecule has 0 aliphatic carbocycles. The number of amides is 1. The van der Waals surface area contributed by atoms with Gasteiger partial charge in [-0.1, -0.05) is 42.3 Å². The van der Waals surface area contributed by atoms with Crippen molar-refractivity contribution in [3.63, 3.8) is 0 Å². The SMILES string of the molecule is C[C@@H]1CN([C@@H](C)CO)C(=O)Cc2cc(NS(=O)(=O)c3cccs3)ccc2O[C@@H]1CN(C)Cc1ccc(Cl)c(Cl)c1. The number of rotatable bonds is 9. The monoisotopic (exact) mass is 625 g/mol. The molecular formula is C28H33Cl2N3O5S2. The van der Waals surface area contributed by atoms with Crippen LogP contribution in [0.1, 0.15) is 25.0 Å². The van der Waals surface area contributed by atoms with E-state index < -0.39 is 10.0 Å². The minimum Gasteiger partial charge on any atom is -0.488 e. The van der Waals surface area contributed by atoms with E-state index in [1.54, 1.807) is 47.5 Å². The minimum absolute atomic E-state index is 0.00674. The van der Waals surface area contributed by atoms with Crippen LogP contribution in [0.15, 0.2) is 58.1 Å². The number of anilines is 1. The molecule has 0 radical (unpaired) electrons. The topological polar surface area (TPSA) is 99.2 Å². The Labute approximate surface area is 249 Å². The van der Waals surface area contributed by atoms with Gasteiger partial charge in [0.05, 0.1) is 29.1 Å². The van der Waals surface area contributed by atoms with E-state index in [1.165, 1.54) is 6.07 Å². The van der Waals surface area contributed by atoms with Crippen molar-refractivity contribution in [2.75, 3.05) is 31.5 Å². The van der Waals surface area contributed by atoms with E-state index in [4.69, 9.17) is 27.9 Å². The molecule has 4 rings (SSSR count). The second-order valence-corrected chi connectivity index (χ2v) is 13.9. The lowest BCUT2D eigenvalue weighted by molar-refractivity contribution is -0.134. The molecule has 0 bridgehead atoms. The molecule has 0 saturated carbocycles. The smallest absolute Gasteiger partial charge is 0.271 e. The summed E-state index contributed by atoms with van der Waals surface area (Å²) in [5, 5.41) is 12.6. The Bertz CT molecular complexity index is 1440. The Hall–Kier alpha value is -2.34. The molecule has 3 atom stereocenters. The average Bonchev–Trinajstić information content (AvgIpc) is 3.46. The summed E-state index contributed by atoms with van der Waals surface area (Å²) >= 11 is 13.4. The molecule has 1 amide bonds. The third-order valence-electron chi connectivity index (χ3n) is 6.86. The fourth-order valence-electron chi connectivity index (χ4n) is 4.65. The van der Waals surface area contributed by atoms with Crippen molar-refractivity contribution in [1.29, 1.82) is 0 Å². The second kappa shape index (κ2) is 13.1. The van der Waals surface area contributed by atoms with Crippen LogP contribution in [0.3, 0.4) is 0 Å². The van der Waals surface area contributed by atoms with Gasteiger partial charge in [0.1, 0.15) is 16.1 Å². The van der Waals surface area contributed by atoms with Crippen LogP contribution in [0.25, 0.3) is 0 Å². The summed E-state index contributed by atoms with van der Waals surface area (Å²) in [6, 6.07) is 13.4. The molecule has 2 heterocycles. The Morgan fingerprint density at radius 1 is 1.20 bits per heavy atom. The van der Waals surface area contributed by atoms with E-state index in [1.807, 2.05) is 26.1 Å². The van der Waals surface area contributed by atoms with Gasteiger partial charge in [0.25, 0.3) is 10.0 Å². The molecule has 2 aromatic carbocycles. The predicted octanol–water partition coefficient (Wildman–Crippen LogP) is 5.14. The van der Waals surface area contributed by atoms with Gasteiger partial charge in [-0.25, -0.2) is 8.42 Å². The lowest BCUT2D eigenvalue weighted by Crippen LogP contribution is -2.47. The number of likely N-dealkylation sites (N-methyl/N-ethyl adjacent to an activating group) is 1. The molecule has 1 aromatic heterocycles. The first-order valence-electron chi connectivity index (χ1n) is 12.9.